The van der Waals surface area contributed by atoms with Gasteiger partial charge < -0.3 is 10.2 Å². The van der Waals surface area contributed by atoms with Crippen molar-refractivity contribution in [2.24, 2.45) is 5.92 Å². The second kappa shape index (κ2) is 8.32. The molecule has 0 saturated heterocycles. The van der Waals surface area contributed by atoms with Crippen molar-refractivity contribution in [1.82, 2.24) is 0 Å². The van der Waals surface area contributed by atoms with Crippen LogP contribution in [0.1, 0.15) is 16.4 Å². The van der Waals surface area contributed by atoms with E-state index in [1.165, 1.54) is 0 Å². The lowest BCUT2D eigenvalue weighted by molar-refractivity contribution is -0.137. The molecular weight excluding hydrogens is 382 g/mol. The van der Waals surface area contributed by atoms with Crippen LogP contribution in [0.2, 0.25) is 0 Å². The van der Waals surface area contributed by atoms with Crippen LogP contribution in [0.15, 0.2) is 41.3 Å². The Morgan fingerprint density at radius 2 is 1.38 bits per heavy atom. The molecule has 0 saturated carbocycles. The summed E-state index contributed by atoms with van der Waals surface area (Å²) in [5, 5.41) is 17.5. The molecule has 9 heteroatoms. The lowest BCUT2D eigenvalue weighted by atomic mass is 9.99. The van der Waals surface area contributed by atoms with Crippen molar-refractivity contribution in [2.75, 3.05) is 13.2 Å². The Kier molecular flexibility index (Phi) is 6.59. The third-order valence-corrected chi connectivity index (χ3v) is 5.12. The van der Waals surface area contributed by atoms with Crippen LogP contribution >= 0.6 is 11.8 Å². The molecule has 0 aliphatic rings. The number of rotatable bonds is 6. The molecule has 2 aromatic carbocycles. The van der Waals surface area contributed by atoms with Crippen molar-refractivity contribution < 1.29 is 36.6 Å². The van der Waals surface area contributed by atoms with Crippen LogP contribution in [0.25, 0.3) is 0 Å². The summed E-state index contributed by atoms with van der Waals surface area (Å²) < 4.78 is 79.6. The molecule has 0 aliphatic heterocycles. The molecule has 0 fully saturated rings. The summed E-state index contributed by atoms with van der Waals surface area (Å²) in [7, 11) is 0. The fourth-order valence-corrected chi connectivity index (χ4v) is 3.60. The van der Waals surface area contributed by atoms with Gasteiger partial charge in [0, 0.05) is 34.8 Å². The maximum atomic E-state index is 14.1. The van der Waals surface area contributed by atoms with Gasteiger partial charge in [-0.05, 0) is 36.4 Å². The maximum absolute atomic E-state index is 14.1. The lowest BCUT2D eigenvalue weighted by Crippen LogP contribution is -2.21. The summed E-state index contributed by atoms with van der Waals surface area (Å²) in [6.45, 7) is -1.33. The molecule has 0 bridgehead atoms. The van der Waals surface area contributed by atoms with E-state index in [2.05, 4.69) is 0 Å². The highest BCUT2D eigenvalue weighted by Crippen LogP contribution is 2.43. The van der Waals surface area contributed by atoms with Crippen molar-refractivity contribution in [3.63, 3.8) is 0 Å². The number of hydrogen-bond acceptors (Lipinski definition) is 3. The molecule has 2 nitrogen and oxygen atoms in total. The van der Waals surface area contributed by atoms with Gasteiger partial charge in [0.05, 0.1) is 5.56 Å². The highest BCUT2D eigenvalue weighted by molar-refractivity contribution is 7.99. The average molecular weight is 396 g/mol. The number of benzene rings is 2. The highest BCUT2D eigenvalue weighted by atomic mass is 32.2. The fraction of sp³-hybridized carbons (Fsp3) is 0.294. The number of halogens is 6. The van der Waals surface area contributed by atoms with E-state index in [1.54, 1.807) is 0 Å². The summed E-state index contributed by atoms with van der Waals surface area (Å²) in [4.78, 5) is 0.206. The van der Waals surface area contributed by atoms with Crippen molar-refractivity contribution in [3.8, 4) is 0 Å². The molecule has 2 rings (SSSR count). The van der Waals surface area contributed by atoms with Gasteiger partial charge in [0.25, 0.3) is 0 Å². The van der Waals surface area contributed by atoms with Crippen LogP contribution in [-0.2, 0) is 6.18 Å². The quantitative estimate of drug-likeness (QED) is 0.427. The van der Waals surface area contributed by atoms with E-state index in [0.29, 0.717) is 12.1 Å². The standard InChI is InChI=1S/C17H14F6O2S/c18-12-5-6-13(19)15(20)14(12)16(9(7-24)8-25)26-11-3-1-10(2-4-11)17(21,22)23/h1-6,9,16,24-25H,7-8H2. The minimum absolute atomic E-state index is 0.206. The first-order valence-corrected chi connectivity index (χ1v) is 8.26. The topological polar surface area (TPSA) is 40.5 Å². The number of thioether (sulfide) groups is 1. The van der Waals surface area contributed by atoms with Crippen LogP contribution in [0.3, 0.4) is 0 Å². The zero-order chi connectivity index (χ0) is 19.5. The van der Waals surface area contributed by atoms with E-state index in [4.69, 9.17) is 0 Å². The van der Waals surface area contributed by atoms with Crippen LogP contribution in [-0.4, -0.2) is 23.4 Å². The molecular formula is C17H14F6O2S. The first kappa shape index (κ1) is 20.6. The molecule has 1 atom stereocenters. The molecule has 0 spiro atoms. The SMILES string of the molecule is OCC(CO)C(Sc1ccc(C(F)(F)F)cc1)c1c(F)ccc(F)c1F. The molecule has 0 aliphatic carbocycles. The van der Waals surface area contributed by atoms with Gasteiger partial charge >= 0.3 is 6.18 Å². The molecule has 2 aromatic rings. The predicted octanol–water partition coefficient (Wildman–Crippen LogP) is 4.56. The summed E-state index contributed by atoms with van der Waals surface area (Å²) in [5.41, 5.74) is -1.59. The third-order valence-electron chi connectivity index (χ3n) is 3.71. The van der Waals surface area contributed by atoms with E-state index in [-0.39, 0.29) is 4.90 Å². The highest BCUT2D eigenvalue weighted by Gasteiger charge is 2.32. The molecule has 142 valence electrons. The number of aliphatic hydroxyl groups is 2. The summed E-state index contributed by atoms with van der Waals surface area (Å²) in [5.74, 6) is -4.93. The van der Waals surface area contributed by atoms with Crippen LogP contribution in [0, 0.1) is 23.4 Å². The van der Waals surface area contributed by atoms with Crippen LogP contribution in [0.5, 0.6) is 0 Å². The molecule has 2 N–H and O–H groups in total. The van der Waals surface area contributed by atoms with E-state index < -0.39 is 59.1 Å². The molecule has 26 heavy (non-hydrogen) atoms. The van der Waals surface area contributed by atoms with Crippen LogP contribution in [0.4, 0.5) is 26.3 Å². The molecule has 0 aromatic heterocycles. The second-order valence-corrected chi connectivity index (χ2v) is 6.66. The fourth-order valence-electron chi connectivity index (χ4n) is 2.31. The summed E-state index contributed by atoms with van der Waals surface area (Å²) in [6.07, 6.45) is -4.54. The van der Waals surface area contributed by atoms with Crippen molar-refractivity contribution in [3.05, 3.63) is 65.0 Å². The number of alkyl halides is 3. The Balaban J connectivity index is 2.43. The first-order chi connectivity index (χ1) is 12.2. The Hall–Kier alpha value is -1.71. The predicted molar refractivity (Wildman–Crippen MR) is 84.0 cm³/mol. The van der Waals surface area contributed by atoms with Gasteiger partial charge in [-0.15, -0.1) is 11.8 Å². The number of hydrogen-bond donors (Lipinski definition) is 2. The monoisotopic (exact) mass is 396 g/mol. The van der Waals surface area contributed by atoms with E-state index in [9.17, 15) is 36.6 Å². The zero-order valence-electron chi connectivity index (χ0n) is 13.1. The Morgan fingerprint density at radius 3 is 1.88 bits per heavy atom. The lowest BCUT2D eigenvalue weighted by Gasteiger charge is -2.25. The largest absolute Gasteiger partial charge is 0.416 e. The van der Waals surface area contributed by atoms with Gasteiger partial charge in [-0.3, -0.25) is 0 Å². The smallest absolute Gasteiger partial charge is 0.396 e. The zero-order valence-corrected chi connectivity index (χ0v) is 13.9. The average Bonchev–Trinajstić information content (AvgIpc) is 2.59. The van der Waals surface area contributed by atoms with Gasteiger partial charge in [-0.2, -0.15) is 13.2 Å². The summed E-state index contributed by atoms with van der Waals surface area (Å²) >= 11 is 0.721. The van der Waals surface area contributed by atoms with Gasteiger partial charge in [0.2, 0.25) is 0 Å². The molecule has 0 amide bonds. The minimum atomic E-state index is -4.54. The Labute approximate surface area is 149 Å². The molecule has 0 radical (unpaired) electrons. The van der Waals surface area contributed by atoms with Crippen molar-refractivity contribution in [1.29, 1.82) is 0 Å². The molecule has 1 unspecified atom stereocenters. The third kappa shape index (κ3) is 4.52. The van der Waals surface area contributed by atoms with E-state index >= 15 is 0 Å². The minimum Gasteiger partial charge on any atom is -0.396 e. The van der Waals surface area contributed by atoms with Crippen LogP contribution < -0.4 is 0 Å². The van der Waals surface area contributed by atoms with Gasteiger partial charge in [-0.25, -0.2) is 13.2 Å². The Bertz CT molecular complexity index is 744. The van der Waals surface area contributed by atoms with E-state index in [0.717, 1.165) is 36.0 Å². The summed E-state index contributed by atoms with van der Waals surface area (Å²) in [6, 6.07) is 5.10. The Morgan fingerprint density at radius 1 is 0.846 bits per heavy atom. The van der Waals surface area contributed by atoms with Crippen molar-refractivity contribution in [2.45, 2.75) is 16.3 Å². The normalized spacial score (nSPS) is 13.3. The van der Waals surface area contributed by atoms with Gasteiger partial charge in [0.1, 0.15) is 5.82 Å². The second-order valence-electron chi connectivity index (χ2n) is 5.44. The van der Waals surface area contributed by atoms with E-state index in [1.807, 2.05) is 0 Å². The maximum Gasteiger partial charge on any atom is 0.416 e. The first-order valence-electron chi connectivity index (χ1n) is 7.38. The molecule has 0 heterocycles. The van der Waals surface area contributed by atoms with Gasteiger partial charge in [-0.1, -0.05) is 0 Å². The van der Waals surface area contributed by atoms with Gasteiger partial charge in [0.15, 0.2) is 11.6 Å². The van der Waals surface area contributed by atoms with Crippen molar-refractivity contribution >= 4 is 11.8 Å². The number of aliphatic hydroxyl groups excluding tert-OH is 2.